The van der Waals surface area contributed by atoms with Crippen LogP contribution in [0, 0.1) is 5.82 Å². The van der Waals surface area contributed by atoms with Crippen LogP contribution in [0.2, 0.25) is 5.02 Å². The largest absolute Gasteiger partial charge is 0.476 e. The molecule has 1 aromatic heterocycles. The Labute approximate surface area is 123 Å². The fourth-order valence-electron chi connectivity index (χ4n) is 1.40. The Balaban J connectivity index is 2.42. The number of carboxylic acids is 1. The van der Waals surface area contributed by atoms with E-state index in [2.05, 4.69) is 9.97 Å². The van der Waals surface area contributed by atoms with Gasteiger partial charge >= 0.3 is 5.97 Å². The van der Waals surface area contributed by atoms with Crippen molar-refractivity contribution in [2.75, 3.05) is 4.72 Å². The van der Waals surface area contributed by atoms with E-state index in [9.17, 15) is 17.6 Å². The number of aromatic nitrogens is 2. The fraction of sp³-hybridized carbons (Fsp3) is 0. The van der Waals surface area contributed by atoms with E-state index in [1.165, 1.54) is 0 Å². The molecule has 0 aliphatic rings. The molecule has 0 aliphatic heterocycles. The molecule has 0 spiro atoms. The average Bonchev–Trinajstić information content (AvgIpc) is 2.41. The highest BCUT2D eigenvalue weighted by molar-refractivity contribution is 7.92. The quantitative estimate of drug-likeness (QED) is 0.883. The Bertz CT molecular complexity index is 813. The number of benzene rings is 1. The van der Waals surface area contributed by atoms with Gasteiger partial charge < -0.3 is 5.11 Å². The van der Waals surface area contributed by atoms with Crippen LogP contribution in [0.3, 0.4) is 0 Å². The summed E-state index contributed by atoms with van der Waals surface area (Å²) in [6, 6.07) is 2.77. The van der Waals surface area contributed by atoms with Crippen molar-refractivity contribution in [1.29, 1.82) is 0 Å². The number of nitrogens with one attached hydrogen (secondary N) is 1. The van der Waals surface area contributed by atoms with E-state index in [0.717, 1.165) is 30.6 Å². The van der Waals surface area contributed by atoms with Crippen LogP contribution in [0.5, 0.6) is 0 Å². The van der Waals surface area contributed by atoms with Crippen LogP contribution in [0.25, 0.3) is 0 Å². The molecule has 2 N–H and O–H groups in total. The number of hydrogen-bond donors (Lipinski definition) is 2. The number of carbonyl (C=O) groups is 1. The normalized spacial score (nSPS) is 11.1. The second-order valence-electron chi connectivity index (χ2n) is 3.74. The topological polar surface area (TPSA) is 109 Å². The summed E-state index contributed by atoms with van der Waals surface area (Å²) in [6.07, 6.45) is 2.23. The van der Waals surface area contributed by atoms with E-state index in [1.54, 1.807) is 0 Å². The zero-order valence-corrected chi connectivity index (χ0v) is 11.7. The highest BCUT2D eigenvalue weighted by atomic mass is 35.5. The van der Waals surface area contributed by atoms with Crippen molar-refractivity contribution in [3.8, 4) is 0 Å². The number of sulfonamides is 1. The Morgan fingerprint density at radius 3 is 2.57 bits per heavy atom. The maximum atomic E-state index is 13.0. The first-order chi connectivity index (χ1) is 9.81. The SMILES string of the molecule is O=C(O)c1nccnc1NS(=O)(=O)c1ccc(F)c(Cl)c1. The molecule has 0 saturated heterocycles. The number of aromatic carboxylic acids is 1. The Morgan fingerprint density at radius 2 is 1.95 bits per heavy atom. The number of hydrogen-bond acceptors (Lipinski definition) is 5. The van der Waals surface area contributed by atoms with Gasteiger partial charge in [0.25, 0.3) is 10.0 Å². The van der Waals surface area contributed by atoms with Gasteiger partial charge in [-0.3, -0.25) is 4.72 Å². The molecule has 0 bridgehead atoms. The summed E-state index contributed by atoms with van der Waals surface area (Å²) >= 11 is 5.52. The van der Waals surface area contributed by atoms with Crippen molar-refractivity contribution in [3.63, 3.8) is 0 Å². The van der Waals surface area contributed by atoms with E-state index in [1.807, 2.05) is 4.72 Å². The highest BCUT2D eigenvalue weighted by Gasteiger charge is 2.21. The van der Waals surface area contributed by atoms with E-state index in [-0.39, 0.29) is 9.92 Å². The Morgan fingerprint density at radius 1 is 1.29 bits per heavy atom. The lowest BCUT2D eigenvalue weighted by Crippen LogP contribution is -2.17. The van der Waals surface area contributed by atoms with Crippen LogP contribution in [0.1, 0.15) is 10.5 Å². The molecule has 2 rings (SSSR count). The second-order valence-corrected chi connectivity index (χ2v) is 5.83. The van der Waals surface area contributed by atoms with Gasteiger partial charge in [-0.15, -0.1) is 0 Å². The van der Waals surface area contributed by atoms with Crippen LogP contribution < -0.4 is 4.72 Å². The van der Waals surface area contributed by atoms with Gasteiger partial charge in [0, 0.05) is 12.4 Å². The third-order valence-electron chi connectivity index (χ3n) is 2.33. The molecule has 2 aromatic rings. The van der Waals surface area contributed by atoms with Gasteiger partial charge in [-0.1, -0.05) is 11.6 Å². The maximum Gasteiger partial charge on any atom is 0.358 e. The van der Waals surface area contributed by atoms with Gasteiger partial charge in [0.05, 0.1) is 9.92 Å². The predicted octanol–water partition coefficient (Wildman–Crippen LogP) is 1.77. The van der Waals surface area contributed by atoms with Crippen LogP contribution in [-0.2, 0) is 10.0 Å². The Kier molecular flexibility index (Phi) is 4.05. The van der Waals surface area contributed by atoms with Crippen molar-refractivity contribution in [1.82, 2.24) is 9.97 Å². The van der Waals surface area contributed by atoms with Crippen LogP contribution in [0.15, 0.2) is 35.5 Å². The zero-order chi connectivity index (χ0) is 15.6. The Hall–Kier alpha value is -2.26. The van der Waals surface area contributed by atoms with Crippen LogP contribution in [0.4, 0.5) is 10.2 Å². The molecule has 7 nitrogen and oxygen atoms in total. The van der Waals surface area contributed by atoms with E-state index in [0.29, 0.717) is 0 Å². The number of anilines is 1. The predicted molar refractivity (Wildman–Crippen MR) is 71.2 cm³/mol. The molecule has 0 atom stereocenters. The summed E-state index contributed by atoms with van der Waals surface area (Å²) < 4.78 is 39.2. The van der Waals surface area contributed by atoms with Gasteiger partial charge in [0.2, 0.25) is 0 Å². The molecule has 0 aliphatic carbocycles. The number of nitrogens with zero attached hydrogens (tertiary/aromatic N) is 2. The lowest BCUT2D eigenvalue weighted by atomic mass is 10.3. The molecule has 21 heavy (non-hydrogen) atoms. The molecule has 110 valence electrons. The lowest BCUT2D eigenvalue weighted by Gasteiger charge is -2.09. The number of halogens is 2. The first kappa shape index (κ1) is 15.1. The molecule has 0 radical (unpaired) electrons. The number of carboxylic acid groups (broad SMARTS) is 1. The minimum Gasteiger partial charge on any atom is -0.476 e. The number of rotatable bonds is 4. The van der Waals surface area contributed by atoms with Gasteiger partial charge in [0.15, 0.2) is 11.5 Å². The summed E-state index contributed by atoms with van der Waals surface area (Å²) in [5.41, 5.74) is -0.561. The van der Waals surface area contributed by atoms with Crippen molar-refractivity contribution < 1.29 is 22.7 Å². The summed E-state index contributed by atoms with van der Waals surface area (Å²) in [5, 5.41) is 8.53. The molecule has 0 fully saturated rings. The van der Waals surface area contributed by atoms with Gasteiger partial charge in [-0.25, -0.2) is 27.6 Å². The molecule has 1 aromatic carbocycles. The van der Waals surface area contributed by atoms with E-state index >= 15 is 0 Å². The minimum atomic E-state index is -4.18. The third kappa shape index (κ3) is 3.26. The van der Waals surface area contributed by atoms with E-state index in [4.69, 9.17) is 16.7 Å². The van der Waals surface area contributed by atoms with Gasteiger partial charge in [-0.05, 0) is 18.2 Å². The standard InChI is InChI=1S/C11H7ClFN3O4S/c12-7-5-6(1-2-8(7)13)21(19,20)16-10-9(11(17)18)14-3-4-15-10/h1-5H,(H,15,16)(H,17,18). The summed E-state index contributed by atoms with van der Waals surface area (Å²) in [4.78, 5) is 17.7. The molecule has 0 unspecified atom stereocenters. The van der Waals surface area contributed by atoms with E-state index < -0.39 is 33.3 Å². The zero-order valence-electron chi connectivity index (χ0n) is 10.1. The monoisotopic (exact) mass is 331 g/mol. The van der Waals surface area contributed by atoms with Crippen molar-refractivity contribution in [2.45, 2.75) is 4.90 Å². The molecule has 1 heterocycles. The molecular formula is C11H7ClFN3O4S. The van der Waals surface area contributed by atoms with Crippen LogP contribution >= 0.6 is 11.6 Å². The van der Waals surface area contributed by atoms with Crippen molar-refractivity contribution >= 4 is 33.4 Å². The first-order valence-electron chi connectivity index (χ1n) is 5.33. The second kappa shape index (κ2) is 5.62. The van der Waals surface area contributed by atoms with Crippen LogP contribution in [-0.4, -0.2) is 29.5 Å². The van der Waals surface area contributed by atoms with Crippen molar-refractivity contribution in [2.24, 2.45) is 0 Å². The lowest BCUT2D eigenvalue weighted by molar-refractivity contribution is 0.0691. The summed E-state index contributed by atoms with van der Waals surface area (Å²) in [7, 11) is -4.18. The molecular weight excluding hydrogens is 325 g/mol. The summed E-state index contributed by atoms with van der Waals surface area (Å²) in [6.45, 7) is 0. The third-order valence-corrected chi connectivity index (χ3v) is 3.96. The van der Waals surface area contributed by atoms with Gasteiger partial charge in [0.1, 0.15) is 5.82 Å². The first-order valence-corrected chi connectivity index (χ1v) is 7.19. The molecule has 0 saturated carbocycles. The smallest absolute Gasteiger partial charge is 0.358 e. The average molecular weight is 332 g/mol. The fourth-order valence-corrected chi connectivity index (χ4v) is 2.69. The minimum absolute atomic E-state index is 0.337. The maximum absolute atomic E-state index is 13.0. The highest BCUT2D eigenvalue weighted by Crippen LogP contribution is 2.21. The van der Waals surface area contributed by atoms with Crippen molar-refractivity contribution in [3.05, 3.63) is 47.1 Å². The van der Waals surface area contributed by atoms with Gasteiger partial charge in [-0.2, -0.15) is 0 Å². The summed E-state index contributed by atoms with van der Waals surface area (Å²) in [5.74, 6) is -2.68. The molecule has 0 amide bonds. The molecule has 10 heteroatoms.